The van der Waals surface area contributed by atoms with Gasteiger partial charge in [0.05, 0.1) is 11.1 Å². The lowest BCUT2D eigenvalue weighted by atomic mass is 9.84. The molecule has 2 heterocycles. The highest BCUT2D eigenvalue weighted by atomic mass is 16.3. The van der Waals surface area contributed by atoms with Crippen molar-refractivity contribution in [3.8, 4) is 0 Å². The van der Waals surface area contributed by atoms with Gasteiger partial charge in [-0.3, -0.25) is 4.68 Å². The summed E-state index contributed by atoms with van der Waals surface area (Å²) in [4.78, 5) is 2.48. The number of hydrogen-bond donors (Lipinski definition) is 1. The van der Waals surface area contributed by atoms with Crippen LogP contribution in [0.3, 0.4) is 0 Å². The Hall–Kier alpha value is -2.17. The Balaban J connectivity index is 1.21. The van der Waals surface area contributed by atoms with Gasteiger partial charge >= 0.3 is 0 Å². The minimum Gasteiger partial charge on any atom is -0.385 e. The van der Waals surface area contributed by atoms with E-state index >= 15 is 0 Å². The second-order valence-electron chi connectivity index (χ2n) is 7.40. The molecular formula is C22H27N3O. The summed E-state index contributed by atoms with van der Waals surface area (Å²) < 4.78 is 2.06. The number of likely N-dealkylation sites (tertiary alicyclic amines) is 1. The van der Waals surface area contributed by atoms with E-state index in [9.17, 15) is 5.11 Å². The van der Waals surface area contributed by atoms with Crippen molar-refractivity contribution in [2.75, 3.05) is 19.6 Å². The average Bonchev–Trinajstić information content (AvgIpc) is 3.10. The second-order valence-corrected chi connectivity index (χ2v) is 7.40. The van der Waals surface area contributed by atoms with E-state index in [0.717, 1.165) is 56.5 Å². The first-order valence-electron chi connectivity index (χ1n) is 9.65. The number of nitrogens with zero attached hydrogens (tertiary/aromatic N) is 3. The zero-order chi connectivity index (χ0) is 17.8. The zero-order valence-electron chi connectivity index (χ0n) is 15.2. The van der Waals surface area contributed by atoms with Crippen LogP contribution in [0.25, 0.3) is 10.9 Å². The number of benzene rings is 2. The molecule has 0 saturated carbocycles. The summed E-state index contributed by atoms with van der Waals surface area (Å²) >= 11 is 0. The van der Waals surface area contributed by atoms with Crippen LogP contribution in [0.2, 0.25) is 0 Å². The van der Waals surface area contributed by atoms with Crippen LogP contribution in [0.5, 0.6) is 0 Å². The van der Waals surface area contributed by atoms with E-state index in [1.54, 1.807) is 0 Å². The first kappa shape index (κ1) is 17.3. The minimum absolute atomic E-state index is 0.646. The van der Waals surface area contributed by atoms with Crippen molar-refractivity contribution in [2.45, 2.75) is 37.8 Å². The van der Waals surface area contributed by atoms with Crippen LogP contribution in [-0.2, 0) is 12.1 Å². The third-order valence-electron chi connectivity index (χ3n) is 5.57. The predicted octanol–water partition coefficient (Wildman–Crippen LogP) is 3.80. The van der Waals surface area contributed by atoms with Crippen LogP contribution in [0.4, 0.5) is 0 Å². The van der Waals surface area contributed by atoms with Crippen LogP contribution < -0.4 is 0 Å². The van der Waals surface area contributed by atoms with E-state index in [1.165, 1.54) is 11.8 Å². The molecule has 1 saturated heterocycles. The first-order valence-corrected chi connectivity index (χ1v) is 9.65. The maximum absolute atomic E-state index is 10.9. The molecule has 1 aliphatic heterocycles. The molecule has 26 heavy (non-hydrogen) atoms. The van der Waals surface area contributed by atoms with E-state index in [-0.39, 0.29) is 0 Å². The molecule has 4 heteroatoms. The molecule has 1 N–H and O–H groups in total. The number of rotatable bonds is 6. The molecule has 0 bridgehead atoms. The highest BCUT2D eigenvalue weighted by molar-refractivity contribution is 5.77. The van der Waals surface area contributed by atoms with Crippen LogP contribution in [0.15, 0.2) is 60.8 Å². The minimum atomic E-state index is -0.646. The Kier molecular flexibility index (Phi) is 5.05. The van der Waals surface area contributed by atoms with Crippen molar-refractivity contribution in [3.63, 3.8) is 0 Å². The highest BCUT2D eigenvalue weighted by Crippen LogP contribution is 2.32. The van der Waals surface area contributed by atoms with Crippen molar-refractivity contribution in [2.24, 2.45) is 0 Å². The molecule has 2 aromatic carbocycles. The number of piperidine rings is 1. The van der Waals surface area contributed by atoms with Crippen LogP contribution in [-0.4, -0.2) is 39.4 Å². The van der Waals surface area contributed by atoms with Crippen molar-refractivity contribution in [1.29, 1.82) is 0 Å². The molecule has 0 aliphatic carbocycles. The third kappa shape index (κ3) is 3.81. The lowest BCUT2D eigenvalue weighted by Crippen LogP contribution is -2.42. The SMILES string of the molecule is OC1(c2ccccc2)CCN(CCCCn2cc3ccccc3n2)CC1. The fourth-order valence-electron chi connectivity index (χ4n) is 3.92. The molecule has 0 atom stereocenters. The summed E-state index contributed by atoms with van der Waals surface area (Å²) in [7, 11) is 0. The summed E-state index contributed by atoms with van der Waals surface area (Å²) in [5.41, 5.74) is 1.49. The first-order chi connectivity index (χ1) is 12.7. The fraction of sp³-hybridized carbons (Fsp3) is 0.409. The number of hydrogen-bond acceptors (Lipinski definition) is 3. The van der Waals surface area contributed by atoms with Gasteiger partial charge in [-0.15, -0.1) is 0 Å². The Morgan fingerprint density at radius 3 is 2.35 bits per heavy atom. The van der Waals surface area contributed by atoms with Gasteiger partial charge in [-0.2, -0.15) is 5.10 Å². The van der Waals surface area contributed by atoms with E-state index in [4.69, 9.17) is 0 Å². The van der Waals surface area contributed by atoms with Gasteiger partial charge in [-0.1, -0.05) is 48.5 Å². The van der Waals surface area contributed by atoms with Gasteiger partial charge in [-0.25, -0.2) is 0 Å². The van der Waals surface area contributed by atoms with E-state index < -0.39 is 5.60 Å². The molecule has 0 amide bonds. The number of fused-ring (bicyclic) bond motifs is 1. The Bertz CT molecular complexity index is 802. The molecule has 0 unspecified atom stereocenters. The summed E-state index contributed by atoms with van der Waals surface area (Å²) in [5.74, 6) is 0. The number of aromatic nitrogens is 2. The second kappa shape index (κ2) is 7.60. The molecule has 0 radical (unpaired) electrons. The molecule has 4 nitrogen and oxygen atoms in total. The van der Waals surface area contributed by atoms with Crippen molar-refractivity contribution in [3.05, 3.63) is 66.4 Å². The van der Waals surface area contributed by atoms with Crippen molar-refractivity contribution < 1.29 is 5.11 Å². The van der Waals surface area contributed by atoms with Crippen LogP contribution in [0, 0.1) is 0 Å². The molecule has 4 rings (SSSR count). The normalized spacial score (nSPS) is 17.6. The van der Waals surface area contributed by atoms with Gasteiger partial charge in [0.15, 0.2) is 0 Å². The van der Waals surface area contributed by atoms with Gasteiger partial charge in [-0.05, 0) is 43.9 Å². The molecule has 136 valence electrons. The Morgan fingerprint density at radius 1 is 0.885 bits per heavy atom. The van der Waals surface area contributed by atoms with Crippen molar-refractivity contribution in [1.82, 2.24) is 14.7 Å². The quantitative estimate of drug-likeness (QED) is 0.688. The summed E-state index contributed by atoms with van der Waals surface area (Å²) in [6, 6.07) is 18.4. The standard InChI is InChI=1S/C22H27N3O/c26-22(20-9-2-1-3-10-20)12-16-24(17-13-22)14-6-7-15-25-18-19-8-4-5-11-21(19)23-25/h1-5,8-11,18,26H,6-7,12-17H2. The average molecular weight is 349 g/mol. The number of unbranched alkanes of at least 4 members (excludes halogenated alkanes) is 1. The summed E-state index contributed by atoms with van der Waals surface area (Å²) in [6.45, 7) is 4.01. The molecule has 0 spiro atoms. The molecule has 3 aromatic rings. The van der Waals surface area contributed by atoms with Gasteiger partial charge in [0.2, 0.25) is 0 Å². The van der Waals surface area contributed by atoms with E-state index in [0.29, 0.717) is 0 Å². The Morgan fingerprint density at radius 2 is 1.58 bits per heavy atom. The van der Waals surface area contributed by atoms with Gasteiger partial charge < -0.3 is 10.0 Å². The lowest BCUT2D eigenvalue weighted by Gasteiger charge is -2.38. The topological polar surface area (TPSA) is 41.3 Å². The largest absolute Gasteiger partial charge is 0.385 e. The molecule has 1 fully saturated rings. The van der Waals surface area contributed by atoms with Gasteiger partial charge in [0.1, 0.15) is 0 Å². The molecule has 1 aromatic heterocycles. The summed E-state index contributed by atoms with van der Waals surface area (Å²) in [6.07, 6.45) is 6.08. The maximum Gasteiger partial charge on any atom is 0.0923 e. The predicted molar refractivity (Wildman–Crippen MR) is 105 cm³/mol. The van der Waals surface area contributed by atoms with Crippen LogP contribution >= 0.6 is 0 Å². The highest BCUT2D eigenvalue weighted by Gasteiger charge is 2.33. The Labute approximate surface area is 155 Å². The van der Waals surface area contributed by atoms with E-state index in [1.807, 2.05) is 36.4 Å². The summed E-state index contributed by atoms with van der Waals surface area (Å²) in [5, 5.41) is 16.7. The fourth-order valence-corrected chi connectivity index (χ4v) is 3.92. The molecular weight excluding hydrogens is 322 g/mol. The van der Waals surface area contributed by atoms with Gasteiger partial charge in [0, 0.05) is 31.2 Å². The zero-order valence-corrected chi connectivity index (χ0v) is 15.2. The maximum atomic E-state index is 10.9. The van der Waals surface area contributed by atoms with Gasteiger partial charge in [0.25, 0.3) is 0 Å². The van der Waals surface area contributed by atoms with Crippen LogP contribution in [0.1, 0.15) is 31.2 Å². The monoisotopic (exact) mass is 349 g/mol. The third-order valence-corrected chi connectivity index (χ3v) is 5.57. The van der Waals surface area contributed by atoms with Crippen molar-refractivity contribution >= 4 is 10.9 Å². The smallest absolute Gasteiger partial charge is 0.0923 e. The molecule has 1 aliphatic rings. The lowest BCUT2D eigenvalue weighted by molar-refractivity contribution is -0.0261. The van der Waals surface area contributed by atoms with E-state index in [2.05, 4.69) is 39.1 Å². The number of aryl methyl sites for hydroxylation is 1. The number of aliphatic hydroxyl groups is 1.